The molecule has 0 saturated carbocycles. The number of carbonyl (C=O) groups excluding carboxylic acids is 1. The molecule has 0 bridgehead atoms. The van der Waals surface area contributed by atoms with Gasteiger partial charge in [-0.3, -0.25) is 9.48 Å². The number of benzene rings is 1. The van der Waals surface area contributed by atoms with Crippen molar-refractivity contribution in [1.82, 2.24) is 14.1 Å². The molecule has 1 aliphatic heterocycles. The maximum absolute atomic E-state index is 13.3. The van der Waals surface area contributed by atoms with Gasteiger partial charge in [-0.25, -0.2) is 8.42 Å². The third-order valence-electron chi connectivity index (χ3n) is 4.42. The van der Waals surface area contributed by atoms with E-state index in [0.717, 1.165) is 5.56 Å². The lowest BCUT2D eigenvalue weighted by Gasteiger charge is -2.25. The lowest BCUT2D eigenvalue weighted by Crippen LogP contribution is -2.43. The maximum Gasteiger partial charge on any atom is 0.247 e. The molecule has 1 amide bonds. The van der Waals surface area contributed by atoms with Gasteiger partial charge in [-0.15, -0.1) is 0 Å². The van der Waals surface area contributed by atoms with Crippen LogP contribution >= 0.6 is 0 Å². The third kappa shape index (κ3) is 2.51. The molecule has 128 valence electrons. The molecular weight excluding hydrogens is 328 g/mol. The summed E-state index contributed by atoms with van der Waals surface area (Å²) in [5.74, 6) is -0.345. The number of para-hydroxylation sites is 1. The van der Waals surface area contributed by atoms with Crippen LogP contribution in [0.5, 0.6) is 0 Å². The highest BCUT2D eigenvalue weighted by atomic mass is 32.2. The van der Waals surface area contributed by atoms with Crippen LogP contribution in [0.2, 0.25) is 0 Å². The first-order chi connectivity index (χ1) is 11.2. The Balaban J connectivity index is 2.14. The van der Waals surface area contributed by atoms with E-state index < -0.39 is 16.1 Å². The number of fused-ring (bicyclic) bond motifs is 1. The number of carbonyl (C=O) groups is 1. The first kappa shape index (κ1) is 16.7. The Hall–Kier alpha value is -2.19. The molecule has 24 heavy (non-hydrogen) atoms. The molecule has 1 atom stereocenters. The summed E-state index contributed by atoms with van der Waals surface area (Å²) in [5, 5.41) is 6.99. The molecule has 0 unspecified atom stereocenters. The highest BCUT2D eigenvalue weighted by Gasteiger charge is 2.38. The van der Waals surface area contributed by atoms with Crippen LogP contribution < -0.4 is 5.32 Å². The van der Waals surface area contributed by atoms with Crippen LogP contribution in [0.4, 0.5) is 5.69 Å². The van der Waals surface area contributed by atoms with Crippen LogP contribution in [0.3, 0.4) is 0 Å². The molecule has 0 spiro atoms. The van der Waals surface area contributed by atoms with Crippen LogP contribution in [-0.2, 0) is 28.4 Å². The number of rotatable bonds is 2. The van der Waals surface area contributed by atoms with Gasteiger partial charge in [0.05, 0.1) is 11.4 Å². The number of nitrogens with one attached hydrogen (secondary N) is 1. The number of anilines is 1. The molecule has 1 aromatic heterocycles. The van der Waals surface area contributed by atoms with Gasteiger partial charge in [0, 0.05) is 19.3 Å². The van der Waals surface area contributed by atoms with Crippen molar-refractivity contribution >= 4 is 21.6 Å². The van der Waals surface area contributed by atoms with E-state index in [1.165, 1.54) is 4.31 Å². The van der Waals surface area contributed by atoms with E-state index in [9.17, 15) is 13.2 Å². The summed E-state index contributed by atoms with van der Waals surface area (Å²) < 4.78 is 29.3. The van der Waals surface area contributed by atoms with Crippen molar-refractivity contribution in [2.45, 2.75) is 38.3 Å². The molecular formula is C16H20N4O3S. The van der Waals surface area contributed by atoms with E-state index in [1.807, 2.05) is 18.2 Å². The van der Waals surface area contributed by atoms with E-state index in [1.54, 1.807) is 38.6 Å². The van der Waals surface area contributed by atoms with E-state index >= 15 is 0 Å². The molecule has 0 fully saturated rings. The van der Waals surface area contributed by atoms with Crippen molar-refractivity contribution in [3.63, 3.8) is 0 Å². The zero-order valence-electron chi connectivity index (χ0n) is 14.1. The smallest absolute Gasteiger partial charge is 0.247 e. The number of aromatic nitrogens is 2. The second-order valence-electron chi connectivity index (χ2n) is 6.00. The molecule has 8 heteroatoms. The van der Waals surface area contributed by atoms with Crippen molar-refractivity contribution in [3.8, 4) is 0 Å². The fraction of sp³-hybridized carbons (Fsp3) is 0.375. The third-order valence-corrected chi connectivity index (χ3v) is 6.59. The van der Waals surface area contributed by atoms with Crippen LogP contribution in [0.1, 0.15) is 23.9 Å². The molecule has 0 saturated heterocycles. The van der Waals surface area contributed by atoms with Crippen LogP contribution in [0.25, 0.3) is 0 Å². The fourth-order valence-electron chi connectivity index (χ4n) is 2.99. The molecule has 1 N–H and O–H groups in total. The topological polar surface area (TPSA) is 84.3 Å². The van der Waals surface area contributed by atoms with E-state index in [4.69, 9.17) is 0 Å². The summed E-state index contributed by atoms with van der Waals surface area (Å²) in [6.45, 7) is 5.10. The second kappa shape index (κ2) is 5.71. The lowest BCUT2D eigenvalue weighted by molar-refractivity contribution is -0.119. The number of hydrogen-bond acceptors (Lipinski definition) is 4. The average molecular weight is 348 g/mol. The maximum atomic E-state index is 13.3. The monoisotopic (exact) mass is 348 g/mol. The lowest BCUT2D eigenvalue weighted by atomic mass is 10.2. The Bertz CT molecular complexity index is 917. The van der Waals surface area contributed by atoms with Gasteiger partial charge in [0.1, 0.15) is 10.9 Å². The quantitative estimate of drug-likeness (QED) is 0.893. The van der Waals surface area contributed by atoms with Gasteiger partial charge in [-0.1, -0.05) is 18.2 Å². The van der Waals surface area contributed by atoms with Crippen molar-refractivity contribution in [1.29, 1.82) is 0 Å². The Kier molecular flexibility index (Phi) is 3.97. The standard InChI is InChI=1S/C16H20N4O3S/c1-10-15(11(2)19(4)18-10)24(22,23)20-9-13-7-5-6-8-14(13)17-16(21)12(20)3/h5-8,12H,9H2,1-4H3,(H,17,21)/t12-/m0/s1. The summed E-state index contributed by atoms with van der Waals surface area (Å²) in [6.07, 6.45) is 0. The number of sulfonamides is 1. The summed E-state index contributed by atoms with van der Waals surface area (Å²) in [4.78, 5) is 12.6. The molecule has 7 nitrogen and oxygen atoms in total. The summed E-state index contributed by atoms with van der Waals surface area (Å²) >= 11 is 0. The summed E-state index contributed by atoms with van der Waals surface area (Å²) in [7, 11) is -2.16. The number of hydrogen-bond donors (Lipinski definition) is 1. The van der Waals surface area contributed by atoms with Gasteiger partial charge in [0.15, 0.2) is 0 Å². The normalized spacial score (nSPS) is 18.8. The minimum absolute atomic E-state index is 0.131. The van der Waals surface area contributed by atoms with E-state index in [0.29, 0.717) is 17.1 Å². The van der Waals surface area contributed by atoms with E-state index in [-0.39, 0.29) is 17.3 Å². The predicted octanol–water partition coefficient (Wildman–Crippen LogP) is 1.57. The number of amides is 1. The highest BCUT2D eigenvalue weighted by molar-refractivity contribution is 7.89. The first-order valence-corrected chi connectivity index (χ1v) is 9.08. The van der Waals surface area contributed by atoms with Gasteiger partial charge in [-0.05, 0) is 32.4 Å². The number of aryl methyl sites for hydroxylation is 2. The average Bonchev–Trinajstić information content (AvgIpc) is 2.70. The highest BCUT2D eigenvalue weighted by Crippen LogP contribution is 2.30. The van der Waals surface area contributed by atoms with Gasteiger partial charge in [0.2, 0.25) is 15.9 Å². The van der Waals surface area contributed by atoms with Crippen molar-refractivity contribution in [2.24, 2.45) is 7.05 Å². The van der Waals surface area contributed by atoms with Crippen LogP contribution in [0, 0.1) is 13.8 Å². The van der Waals surface area contributed by atoms with Gasteiger partial charge in [-0.2, -0.15) is 9.40 Å². The summed E-state index contributed by atoms with van der Waals surface area (Å²) in [6, 6.07) is 6.41. The van der Waals surface area contributed by atoms with Crippen molar-refractivity contribution in [2.75, 3.05) is 5.32 Å². The minimum Gasteiger partial charge on any atom is -0.324 e. The predicted molar refractivity (Wildman–Crippen MR) is 89.9 cm³/mol. The Labute approximate surface area is 141 Å². The Morgan fingerprint density at radius 2 is 1.92 bits per heavy atom. The van der Waals surface area contributed by atoms with Crippen molar-refractivity contribution < 1.29 is 13.2 Å². The van der Waals surface area contributed by atoms with Gasteiger partial charge in [0.25, 0.3) is 0 Å². The largest absolute Gasteiger partial charge is 0.324 e. The van der Waals surface area contributed by atoms with Crippen LogP contribution in [0.15, 0.2) is 29.2 Å². The Morgan fingerprint density at radius 3 is 2.54 bits per heavy atom. The fourth-order valence-corrected chi connectivity index (χ4v) is 4.97. The summed E-state index contributed by atoms with van der Waals surface area (Å²) in [5.41, 5.74) is 2.39. The molecule has 0 radical (unpaired) electrons. The molecule has 1 aromatic carbocycles. The van der Waals surface area contributed by atoms with Crippen molar-refractivity contribution in [3.05, 3.63) is 41.2 Å². The zero-order valence-corrected chi connectivity index (χ0v) is 14.9. The minimum atomic E-state index is -3.86. The van der Waals surface area contributed by atoms with Gasteiger partial charge >= 0.3 is 0 Å². The van der Waals surface area contributed by atoms with Crippen LogP contribution in [-0.4, -0.2) is 34.5 Å². The number of nitrogens with zero attached hydrogens (tertiary/aromatic N) is 3. The van der Waals surface area contributed by atoms with Gasteiger partial charge < -0.3 is 5.32 Å². The Morgan fingerprint density at radius 1 is 1.25 bits per heavy atom. The first-order valence-electron chi connectivity index (χ1n) is 7.64. The molecule has 2 heterocycles. The molecule has 2 aromatic rings. The molecule has 1 aliphatic rings. The molecule has 3 rings (SSSR count). The zero-order chi connectivity index (χ0) is 17.6. The SMILES string of the molecule is Cc1nn(C)c(C)c1S(=O)(=O)N1Cc2ccccc2NC(=O)[C@@H]1C. The second-order valence-corrected chi connectivity index (χ2v) is 7.82. The van der Waals surface area contributed by atoms with E-state index in [2.05, 4.69) is 10.4 Å². The molecule has 0 aliphatic carbocycles.